The Kier molecular flexibility index (Phi) is 4.30. The van der Waals surface area contributed by atoms with Gasteiger partial charge in [0.1, 0.15) is 17.0 Å². The van der Waals surface area contributed by atoms with E-state index in [1.54, 1.807) is 17.7 Å². The van der Waals surface area contributed by atoms with Crippen molar-refractivity contribution in [3.63, 3.8) is 0 Å². The molecule has 2 aromatic heterocycles. The van der Waals surface area contributed by atoms with Gasteiger partial charge in [0.05, 0.1) is 5.39 Å². The highest BCUT2D eigenvalue weighted by molar-refractivity contribution is 7.18. The van der Waals surface area contributed by atoms with Gasteiger partial charge in [0, 0.05) is 10.9 Å². The molecular formula is C15H24N4S. The summed E-state index contributed by atoms with van der Waals surface area (Å²) >= 11 is 1.73. The van der Waals surface area contributed by atoms with Gasteiger partial charge in [-0.3, -0.25) is 0 Å². The van der Waals surface area contributed by atoms with Crippen LogP contribution in [0.15, 0.2) is 6.33 Å². The maximum atomic E-state index is 5.76. The third kappa shape index (κ3) is 2.94. The molecule has 1 unspecified atom stereocenters. The highest BCUT2D eigenvalue weighted by Crippen LogP contribution is 2.34. The third-order valence-electron chi connectivity index (χ3n) is 3.78. The molecule has 0 spiro atoms. The van der Waals surface area contributed by atoms with Crippen LogP contribution in [-0.4, -0.2) is 22.6 Å². The predicted octanol–water partition coefficient (Wildman–Crippen LogP) is 3.48. The first-order valence-corrected chi connectivity index (χ1v) is 7.83. The average molecular weight is 292 g/mol. The number of nitrogens with two attached hydrogens (primary N) is 1. The number of nitrogens with zero attached hydrogens (tertiary/aromatic N) is 2. The minimum absolute atomic E-state index is 0.135. The van der Waals surface area contributed by atoms with Crippen LogP contribution in [-0.2, 0) is 0 Å². The zero-order valence-corrected chi connectivity index (χ0v) is 13.8. The number of nitrogens with one attached hydrogen (secondary N) is 1. The van der Waals surface area contributed by atoms with Crippen LogP contribution in [0.1, 0.15) is 37.6 Å². The summed E-state index contributed by atoms with van der Waals surface area (Å²) in [6.07, 6.45) is 2.57. The van der Waals surface area contributed by atoms with Crippen molar-refractivity contribution in [3.05, 3.63) is 16.8 Å². The molecule has 4 nitrogen and oxygen atoms in total. The zero-order chi connectivity index (χ0) is 14.9. The lowest BCUT2D eigenvalue weighted by Gasteiger charge is -2.32. The van der Waals surface area contributed by atoms with Gasteiger partial charge >= 0.3 is 0 Å². The molecule has 1 atom stereocenters. The molecular weight excluding hydrogens is 268 g/mol. The zero-order valence-electron chi connectivity index (χ0n) is 12.9. The van der Waals surface area contributed by atoms with Crippen LogP contribution < -0.4 is 11.1 Å². The van der Waals surface area contributed by atoms with E-state index < -0.39 is 0 Å². The number of thiophene rings is 1. The minimum Gasteiger partial charge on any atom is -0.366 e. The summed E-state index contributed by atoms with van der Waals surface area (Å²) < 4.78 is 0. The summed E-state index contributed by atoms with van der Waals surface area (Å²) in [6.45, 7) is 11.6. The van der Waals surface area contributed by atoms with E-state index in [4.69, 9.17) is 5.73 Å². The van der Waals surface area contributed by atoms with Gasteiger partial charge < -0.3 is 11.1 Å². The Hall–Kier alpha value is -1.20. The Morgan fingerprint density at radius 3 is 2.60 bits per heavy atom. The molecule has 0 bridgehead atoms. The van der Waals surface area contributed by atoms with Crippen LogP contribution in [0.4, 0.5) is 5.82 Å². The molecule has 0 aromatic carbocycles. The van der Waals surface area contributed by atoms with Crippen LogP contribution in [0.3, 0.4) is 0 Å². The molecule has 0 saturated carbocycles. The van der Waals surface area contributed by atoms with E-state index in [2.05, 4.69) is 49.9 Å². The fourth-order valence-electron chi connectivity index (χ4n) is 2.35. The first-order valence-electron chi connectivity index (χ1n) is 7.02. The maximum absolute atomic E-state index is 5.76. The van der Waals surface area contributed by atoms with Gasteiger partial charge in [-0.15, -0.1) is 11.3 Å². The Labute approximate surface area is 124 Å². The number of aromatic nitrogens is 2. The van der Waals surface area contributed by atoms with Crippen LogP contribution in [0.25, 0.3) is 10.2 Å². The molecule has 110 valence electrons. The predicted molar refractivity (Wildman–Crippen MR) is 87.4 cm³/mol. The van der Waals surface area contributed by atoms with Crippen molar-refractivity contribution in [2.24, 2.45) is 11.1 Å². The molecule has 20 heavy (non-hydrogen) atoms. The molecule has 0 aliphatic carbocycles. The lowest BCUT2D eigenvalue weighted by atomic mass is 9.84. The van der Waals surface area contributed by atoms with Gasteiger partial charge in [-0.2, -0.15) is 0 Å². The van der Waals surface area contributed by atoms with E-state index in [1.165, 1.54) is 10.4 Å². The largest absolute Gasteiger partial charge is 0.366 e. The number of aryl methyl sites for hydroxylation is 2. The molecule has 0 aliphatic heterocycles. The van der Waals surface area contributed by atoms with Crippen LogP contribution in [0.2, 0.25) is 0 Å². The van der Waals surface area contributed by atoms with Crippen molar-refractivity contribution in [2.75, 3.05) is 11.9 Å². The summed E-state index contributed by atoms with van der Waals surface area (Å²) in [5.41, 5.74) is 7.16. The SMILES string of the molecule is Cc1sc2ncnc(NC(CCN)C(C)(C)C)c2c1C. The molecule has 0 saturated heterocycles. The molecule has 2 rings (SSSR count). The van der Waals surface area contributed by atoms with Gasteiger partial charge in [0.25, 0.3) is 0 Å². The van der Waals surface area contributed by atoms with Gasteiger partial charge in [0.15, 0.2) is 0 Å². The topological polar surface area (TPSA) is 63.8 Å². The number of anilines is 1. The molecule has 0 radical (unpaired) electrons. The second kappa shape index (κ2) is 5.66. The Morgan fingerprint density at radius 2 is 2.00 bits per heavy atom. The van der Waals surface area contributed by atoms with Crippen molar-refractivity contribution < 1.29 is 0 Å². The van der Waals surface area contributed by atoms with Gasteiger partial charge in [-0.05, 0) is 37.8 Å². The van der Waals surface area contributed by atoms with Crippen molar-refractivity contribution in [2.45, 2.75) is 47.1 Å². The van der Waals surface area contributed by atoms with Crippen molar-refractivity contribution in [1.82, 2.24) is 9.97 Å². The molecule has 0 aliphatic rings. The number of fused-ring (bicyclic) bond motifs is 1. The minimum atomic E-state index is 0.135. The first-order chi connectivity index (χ1) is 9.34. The maximum Gasteiger partial charge on any atom is 0.138 e. The molecule has 0 fully saturated rings. The van der Waals surface area contributed by atoms with Crippen molar-refractivity contribution >= 4 is 27.4 Å². The molecule has 2 aromatic rings. The van der Waals surface area contributed by atoms with Crippen molar-refractivity contribution in [3.8, 4) is 0 Å². The lowest BCUT2D eigenvalue weighted by molar-refractivity contribution is 0.328. The van der Waals surface area contributed by atoms with Gasteiger partial charge in [0.2, 0.25) is 0 Å². The van der Waals surface area contributed by atoms with Crippen LogP contribution in [0.5, 0.6) is 0 Å². The first kappa shape index (κ1) is 15.2. The summed E-state index contributed by atoms with van der Waals surface area (Å²) in [4.78, 5) is 11.2. The quantitative estimate of drug-likeness (QED) is 0.905. The van der Waals surface area contributed by atoms with E-state index in [-0.39, 0.29) is 5.41 Å². The third-order valence-corrected chi connectivity index (χ3v) is 4.89. The second-order valence-corrected chi connectivity index (χ2v) is 7.53. The summed E-state index contributed by atoms with van der Waals surface area (Å²) in [5.74, 6) is 0.935. The Morgan fingerprint density at radius 1 is 1.30 bits per heavy atom. The number of hydrogen-bond acceptors (Lipinski definition) is 5. The van der Waals surface area contributed by atoms with Crippen molar-refractivity contribution in [1.29, 1.82) is 0 Å². The van der Waals surface area contributed by atoms with E-state index in [0.29, 0.717) is 12.6 Å². The monoisotopic (exact) mass is 292 g/mol. The van der Waals surface area contributed by atoms with E-state index in [9.17, 15) is 0 Å². The van der Waals surface area contributed by atoms with E-state index in [1.807, 2.05) is 0 Å². The number of hydrogen-bond donors (Lipinski definition) is 2. The smallest absolute Gasteiger partial charge is 0.138 e. The van der Waals surface area contributed by atoms with Crippen LogP contribution >= 0.6 is 11.3 Å². The Balaban J connectivity index is 2.42. The van der Waals surface area contributed by atoms with Gasteiger partial charge in [-0.25, -0.2) is 9.97 Å². The highest BCUT2D eigenvalue weighted by Gasteiger charge is 2.25. The summed E-state index contributed by atoms with van der Waals surface area (Å²) in [5, 5.41) is 4.75. The Bertz CT molecular complexity index is 598. The second-order valence-electron chi connectivity index (χ2n) is 6.33. The average Bonchev–Trinajstić information content (AvgIpc) is 2.64. The molecule has 0 amide bonds. The number of rotatable bonds is 4. The van der Waals surface area contributed by atoms with E-state index >= 15 is 0 Å². The van der Waals surface area contributed by atoms with E-state index in [0.717, 1.165) is 22.5 Å². The highest BCUT2D eigenvalue weighted by atomic mass is 32.1. The van der Waals surface area contributed by atoms with Gasteiger partial charge in [-0.1, -0.05) is 20.8 Å². The fourth-order valence-corrected chi connectivity index (χ4v) is 3.34. The summed E-state index contributed by atoms with van der Waals surface area (Å²) in [6, 6.07) is 0.296. The molecule has 5 heteroatoms. The fraction of sp³-hybridized carbons (Fsp3) is 0.600. The lowest BCUT2D eigenvalue weighted by Crippen LogP contribution is -2.36. The normalized spacial score (nSPS) is 13.7. The standard InChI is InChI=1S/C15H24N4S/c1-9-10(2)20-14-12(9)13(17-8-18-14)19-11(6-7-16)15(3,4)5/h8,11H,6-7,16H2,1-5H3,(H,17,18,19). The summed E-state index contributed by atoms with van der Waals surface area (Å²) in [7, 11) is 0. The van der Waals surface area contributed by atoms with Crippen LogP contribution in [0, 0.1) is 19.3 Å². The molecule has 3 N–H and O–H groups in total. The molecule has 2 heterocycles.